The summed E-state index contributed by atoms with van der Waals surface area (Å²) in [5, 5.41) is 11.4. The Morgan fingerprint density at radius 1 is 1.67 bits per heavy atom. The van der Waals surface area contributed by atoms with Gasteiger partial charge in [-0.05, 0) is 0 Å². The highest BCUT2D eigenvalue weighted by molar-refractivity contribution is 5.74. The summed E-state index contributed by atoms with van der Waals surface area (Å²) in [5.41, 5.74) is 5.20. The van der Waals surface area contributed by atoms with E-state index in [0.29, 0.717) is 6.41 Å². The summed E-state index contributed by atoms with van der Waals surface area (Å²) >= 11 is 0. The molecule has 0 atom stereocenters. The first kappa shape index (κ1) is 5.54. The van der Waals surface area contributed by atoms with E-state index in [0.717, 1.165) is 0 Å². The minimum Gasteiger partial charge on any atom is -0.379 e. The predicted octanol–water partition coefficient (Wildman–Crippen LogP) is -1.04. The van der Waals surface area contributed by atoms with Gasteiger partial charge in [-0.25, -0.2) is 0 Å². The Labute approximate surface area is 50.4 Å². The number of hydrogen-bond acceptors (Lipinski definition) is 4. The number of anilines is 2. The lowest BCUT2D eigenvalue weighted by Gasteiger charge is -1.87. The number of amides is 1. The van der Waals surface area contributed by atoms with Crippen LogP contribution >= 0.6 is 0 Å². The lowest BCUT2D eigenvalue weighted by atomic mass is 10.7. The van der Waals surface area contributed by atoms with Crippen LogP contribution in [0.2, 0.25) is 0 Å². The van der Waals surface area contributed by atoms with Crippen molar-refractivity contribution in [2.45, 2.75) is 0 Å². The van der Waals surface area contributed by atoms with E-state index < -0.39 is 0 Å². The van der Waals surface area contributed by atoms with Crippen LogP contribution in [0, 0.1) is 0 Å². The Morgan fingerprint density at radius 2 is 2.44 bits per heavy atom. The second-order valence-corrected chi connectivity index (χ2v) is 1.32. The molecule has 0 saturated heterocycles. The van der Waals surface area contributed by atoms with E-state index in [9.17, 15) is 4.79 Å². The van der Waals surface area contributed by atoms with Gasteiger partial charge in [0, 0.05) is 0 Å². The van der Waals surface area contributed by atoms with Gasteiger partial charge in [-0.15, -0.1) is 10.2 Å². The van der Waals surface area contributed by atoms with Gasteiger partial charge in [-0.1, -0.05) is 0 Å². The summed E-state index contributed by atoms with van der Waals surface area (Å²) in [6.07, 6.45) is 0.480. The van der Waals surface area contributed by atoms with E-state index in [1.165, 1.54) is 0 Å². The van der Waals surface area contributed by atoms with Crippen molar-refractivity contribution in [1.29, 1.82) is 0 Å². The summed E-state index contributed by atoms with van der Waals surface area (Å²) in [7, 11) is 0. The summed E-state index contributed by atoms with van der Waals surface area (Å²) in [6, 6.07) is 0. The van der Waals surface area contributed by atoms with Crippen LogP contribution in [0.3, 0.4) is 0 Å². The van der Waals surface area contributed by atoms with Gasteiger partial charge in [0.15, 0.2) is 11.6 Å². The number of hydrogen-bond donors (Lipinski definition) is 3. The number of nitrogens with zero attached hydrogens (tertiary/aromatic N) is 2. The third-order valence-corrected chi connectivity index (χ3v) is 0.771. The van der Waals surface area contributed by atoms with Crippen molar-refractivity contribution in [2.75, 3.05) is 11.1 Å². The first-order valence-electron chi connectivity index (χ1n) is 2.21. The minimum absolute atomic E-state index is 0.183. The smallest absolute Gasteiger partial charge is 0.212 e. The van der Waals surface area contributed by atoms with Crippen LogP contribution in [0.15, 0.2) is 0 Å². The molecule has 0 aromatic carbocycles. The molecule has 0 aliphatic carbocycles. The minimum atomic E-state index is 0.183. The van der Waals surface area contributed by atoms with Crippen molar-refractivity contribution in [3.05, 3.63) is 0 Å². The van der Waals surface area contributed by atoms with Crippen LogP contribution in [0.25, 0.3) is 0 Å². The molecule has 0 radical (unpaired) electrons. The fourth-order valence-electron chi connectivity index (χ4n) is 0.401. The maximum atomic E-state index is 9.78. The largest absolute Gasteiger partial charge is 0.379 e. The Bertz CT molecular complexity index is 206. The number of carbonyl (C=O) groups is 1. The zero-order valence-corrected chi connectivity index (χ0v) is 4.46. The summed E-state index contributed by atoms with van der Waals surface area (Å²) in [6.45, 7) is 0. The van der Waals surface area contributed by atoms with Gasteiger partial charge in [0.05, 0.1) is 0 Å². The van der Waals surface area contributed by atoms with Crippen LogP contribution in [0.1, 0.15) is 0 Å². The van der Waals surface area contributed by atoms with Crippen molar-refractivity contribution in [2.24, 2.45) is 0 Å². The lowest BCUT2D eigenvalue weighted by molar-refractivity contribution is -0.105. The number of carbonyl (C=O) groups excluding carboxylic acids is 1. The Morgan fingerprint density at radius 3 is 2.89 bits per heavy atom. The molecule has 0 saturated carbocycles. The maximum absolute atomic E-state index is 9.78. The van der Waals surface area contributed by atoms with Crippen LogP contribution in [0.5, 0.6) is 0 Å². The van der Waals surface area contributed by atoms with Gasteiger partial charge in [0.1, 0.15) is 0 Å². The van der Waals surface area contributed by atoms with Gasteiger partial charge in [0.25, 0.3) is 0 Å². The molecule has 6 heteroatoms. The highest BCUT2D eigenvalue weighted by Gasteiger charge is 1.98. The zero-order chi connectivity index (χ0) is 6.69. The fraction of sp³-hybridized carbons (Fsp3) is 0. The van der Waals surface area contributed by atoms with Crippen molar-refractivity contribution in [1.82, 2.24) is 15.4 Å². The standard InChI is InChI=1S/C3H5N5O/c4-2-3(5-1-9)7-8-6-2/h1H,(H4,4,5,6,7,8,9). The van der Waals surface area contributed by atoms with E-state index in [1.54, 1.807) is 0 Å². The van der Waals surface area contributed by atoms with E-state index in [2.05, 4.69) is 20.7 Å². The molecule has 1 heterocycles. The molecule has 0 unspecified atom stereocenters. The van der Waals surface area contributed by atoms with Crippen LogP contribution in [0.4, 0.5) is 11.6 Å². The van der Waals surface area contributed by atoms with Gasteiger partial charge in [-0.2, -0.15) is 5.21 Å². The molecule has 0 aliphatic heterocycles. The van der Waals surface area contributed by atoms with Crippen LogP contribution in [-0.4, -0.2) is 21.8 Å². The van der Waals surface area contributed by atoms with Crippen molar-refractivity contribution < 1.29 is 4.79 Å². The zero-order valence-electron chi connectivity index (χ0n) is 4.46. The van der Waals surface area contributed by atoms with Crippen LogP contribution < -0.4 is 11.1 Å². The van der Waals surface area contributed by atoms with E-state index in [1.807, 2.05) is 0 Å². The normalized spacial score (nSPS) is 8.89. The Hall–Kier alpha value is -1.59. The van der Waals surface area contributed by atoms with Crippen LogP contribution in [-0.2, 0) is 4.79 Å². The van der Waals surface area contributed by atoms with Gasteiger partial charge in [-0.3, -0.25) is 4.79 Å². The molecule has 0 aliphatic rings. The average Bonchev–Trinajstić information content (AvgIpc) is 2.18. The summed E-state index contributed by atoms with van der Waals surface area (Å²) < 4.78 is 0. The summed E-state index contributed by atoms with van der Waals surface area (Å²) in [4.78, 5) is 9.78. The molecule has 48 valence electrons. The molecule has 6 nitrogen and oxygen atoms in total. The summed E-state index contributed by atoms with van der Waals surface area (Å²) in [5.74, 6) is 0.437. The monoisotopic (exact) mass is 127 g/mol. The average molecular weight is 127 g/mol. The second kappa shape index (κ2) is 2.12. The molecule has 1 rings (SSSR count). The molecular weight excluding hydrogens is 122 g/mol. The van der Waals surface area contributed by atoms with E-state index in [-0.39, 0.29) is 11.6 Å². The van der Waals surface area contributed by atoms with Crippen molar-refractivity contribution in [3.8, 4) is 0 Å². The number of nitrogens with one attached hydrogen (secondary N) is 2. The highest BCUT2D eigenvalue weighted by Crippen LogP contribution is 2.05. The number of aromatic amines is 1. The quantitative estimate of drug-likeness (QED) is 0.442. The van der Waals surface area contributed by atoms with E-state index in [4.69, 9.17) is 5.73 Å². The SMILES string of the molecule is Nc1n[nH]nc1NC=O. The molecule has 1 aromatic heterocycles. The molecule has 4 N–H and O–H groups in total. The fourth-order valence-corrected chi connectivity index (χ4v) is 0.401. The molecule has 1 aromatic rings. The van der Waals surface area contributed by atoms with Gasteiger partial charge < -0.3 is 11.1 Å². The van der Waals surface area contributed by atoms with Gasteiger partial charge in [0.2, 0.25) is 6.41 Å². The lowest BCUT2D eigenvalue weighted by Crippen LogP contribution is -1.97. The molecular formula is C3H5N5O. The first-order valence-corrected chi connectivity index (χ1v) is 2.21. The number of nitrogens with two attached hydrogens (primary N) is 1. The molecule has 9 heavy (non-hydrogen) atoms. The Kier molecular flexibility index (Phi) is 1.31. The first-order chi connectivity index (χ1) is 4.34. The third-order valence-electron chi connectivity index (χ3n) is 0.771. The van der Waals surface area contributed by atoms with Crippen molar-refractivity contribution in [3.63, 3.8) is 0 Å². The number of aromatic nitrogens is 3. The third kappa shape index (κ3) is 0.958. The molecule has 0 spiro atoms. The molecule has 1 amide bonds. The Balaban J connectivity index is 2.80. The maximum Gasteiger partial charge on any atom is 0.212 e. The molecule has 0 bridgehead atoms. The van der Waals surface area contributed by atoms with Gasteiger partial charge >= 0.3 is 0 Å². The number of rotatable bonds is 2. The topological polar surface area (TPSA) is 96.7 Å². The molecule has 0 fully saturated rings. The second-order valence-electron chi connectivity index (χ2n) is 1.32. The van der Waals surface area contributed by atoms with Crippen molar-refractivity contribution >= 4 is 18.0 Å². The van der Waals surface area contributed by atoms with E-state index >= 15 is 0 Å². The number of nitrogen functional groups attached to an aromatic ring is 1. The highest BCUT2D eigenvalue weighted by atomic mass is 16.1. The number of H-pyrrole nitrogens is 1. The predicted molar refractivity (Wildman–Crippen MR) is 30.5 cm³/mol.